The Kier molecular flexibility index (Phi) is 6.94. The van der Waals surface area contributed by atoms with Crippen LogP contribution in [0.3, 0.4) is 0 Å². The first-order valence-corrected chi connectivity index (χ1v) is 7.65. The number of rotatable bonds is 9. The minimum Gasteiger partial charge on any atom is -0.485 e. The van der Waals surface area contributed by atoms with E-state index in [0.717, 1.165) is 12.0 Å². The Morgan fingerprint density at radius 2 is 1.61 bits per heavy atom. The van der Waals surface area contributed by atoms with Crippen LogP contribution in [0.15, 0.2) is 54.6 Å². The molecule has 0 saturated carbocycles. The molecule has 3 N–H and O–H groups in total. The summed E-state index contributed by atoms with van der Waals surface area (Å²) in [6.45, 7) is 1.52. The Labute approximate surface area is 136 Å². The van der Waals surface area contributed by atoms with E-state index in [4.69, 9.17) is 15.2 Å². The minimum absolute atomic E-state index is 0.0454. The van der Waals surface area contributed by atoms with E-state index in [1.54, 1.807) is 6.07 Å². The highest BCUT2D eigenvalue weighted by Crippen LogP contribution is 2.27. The average molecular weight is 314 g/mol. The molecule has 0 atom stereocenters. The van der Waals surface area contributed by atoms with Crippen molar-refractivity contribution in [3.63, 3.8) is 0 Å². The molecule has 2 aromatic rings. The fourth-order valence-corrected chi connectivity index (χ4v) is 1.95. The van der Waals surface area contributed by atoms with Crippen LogP contribution in [0.4, 0.5) is 0 Å². The third-order valence-corrected chi connectivity index (χ3v) is 3.15. The third-order valence-electron chi connectivity index (χ3n) is 3.15. The zero-order chi connectivity index (χ0) is 16.3. The SMILES string of the molecule is NCCCNC(=O)COc1ccccc1OCc1ccccc1. The minimum atomic E-state index is -0.170. The molecule has 2 aromatic carbocycles. The molecule has 0 bridgehead atoms. The van der Waals surface area contributed by atoms with Crippen molar-refractivity contribution in [3.05, 3.63) is 60.2 Å². The van der Waals surface area contributed by atoms with Gasteiger partial charge in [-0.15, -0.1) is 0 Å². The molecule has 1 amide bonds. The standard InChI is InChI=1S/C18H22N2O3/c19-11-6-12-20-18(21)14-23-17-10-5-4-9-16(17)22-13-15-7-2-1-3-8-15/h1-5,7-10H,6,11-14,19H2,(H,20,21). The van der Waals surface area contributed by atoms with Crippen LogP contribution in [-0.4, -0.2) is 25.6 Å². The van der Waals surface area contributed by atoms with Crippen LogP contribution >= 0.6 is 0 Å². The number of carbonyl (C=O) groups is 1. The number of carbonyl (C=O) groups excluding carboxylic acids is 1. The highest BCUT2D eigenvalue weighted by Gasteiger charge is 2.07. The fraction of sp³-hybridized carbons (Fsp3) is 0.278. The van der Waals surface area contributed by atoms with Crippen molar-refractivity contribution in [1.29, 1.82) is 0 Å². The van der Waals surface area contributed by atoms with Crippen molar-refractivity contribution in [2.75, 3.05) is 19.7 Å². The molecule has 0 aromatic heterocycles. The Balaban J connectivity index is 1.86. The maximum Gasteiger partial charge on any atom is 0.257 e. The summed E-state index contributed by atoms with van der Waals surface area (Å²) in [7, 11) is 0. The summed E-state index contributed by atoms with van der Waals surface area (Å²) in [4.78, 5) is 11.7. The Bertz CT molecular complexity index is 602. The first-order valence-electron chi connectivity index (χ1n) is 7.65. The van der Waals surface area contributed by atoms with E-state index in [1.165, 1.54) is 0 Å². The van der Waals surface area contributed by atoms with Gasteiger partial charge < -0.3 is 20.5 Å². The van der Waals surface area contributed by atoms with Crippen molar-refractivity contribution in [2.24, 2.45) is 5.73 Å². The van der Waals surface area contributed by atoms with Gasteiger partial charge in [0.1, 0.15) is 6.61 Å². The molecule has 0 heterocycles. The molecule has 0 radical (unpaired) electrons. The molecule has 2 rings (SSSR count). The molecule has 0 unspecified atom stereocenters. The molecule has 5 nitrogen and oxygen atoms in total. The van der Waals surface area contributed by atoms with Crippen LogP contribution in [-0.2, 0) is 11.4 Å². The lowest BCUT2D eigenvalue weighted by atomic mass is 10.2. The molecule has 122 valence electrons. The molecule has 0 aliphatic rings. The van der Waals surface area contributed by atoms with Crippen molar-refractivity contribution in [1.82, 2.24) is 5.32 Å². The quantitative estimate of drug-likeness (QED) is 0.695. The van der Waals surface area contributed by atoms with Gasteiger partial charge in [0.2, 0.25) is 0 Å². The van der Waals surface area contributed by atoms with Crippen LogP contribution in [0.25, 0.3) is 0 Å². The van der Waals surface area contributed by atoms with Crippen LogP contribution in [0, 0.1) is 0 Å². The van der Waals surface area contributed by atoms with Crippen LogP contribution < -0.4 is 20.5 Å². The summed E-state index contributed by atoms with van der Waals surface area (Å²) in [5.74, 6) is 1.000. The average Bonchev–Trinajstić information content (AvgIpc) is 2.60. The van der Waals surface area contributed by atoms with Gasteiger partial charge in [0.25, 0.3) is 5.91 Å². The number of nitrogens with two attached hydrogens (primary N) is 1. The Hall–Kier alpha value is -2.53. The van der Waals surface area contributed by atoms with Crippen LogP contribution in [0.2, 0.25) is 0 Å². The first-order chi connectivity index (χ1) is 11.3. The lowest BCUT2D eigenvalue weighted by molar-refractivity contribution is -0.123. The normalized spacial score (nSPS) is 10.1. The summed E-state index contributed by atoms with van der Waals surface area (Å²) in [6, 6.07) is 17.2. The lowest BCUT2D eigenvalue weighted by Crippen LogP contribution is -2.30. The smallest absolute Gasteiger partial charge is 0.257 e. The van der Waals surface area contributed by atoms with Gasteiger partial charge in [0.15, 0.2) is 18.1 Å². The molecule has 0 aliphatic carbocycles. The van der Waals surface area contributed by atoms with Crippen molar-refractivity contribution in [2.45, 2.75) is 13.0 Å². The van der Waals surface area contributed by atoms with Crippen LogP contribution in [0.5, 0.6) is 11.5 Å². The predicted octanol–water partition coefficient (Wildman–Crippen LogP) is 2.11. The molecule has 0 spiro atoms. The second-order valence-electron chi connectivity index (χ2n) is 5.00. The number of nitrogens with one attached hydrogen (secondary N) is 1. The monoisotopic (exact) mass is 314 g/mol. The topological polar surface area (TPSA) is 73.6 Å². The van der Waals surface area contributed by atoms with E-state index < -0.39 is 0 Å². The maximum absolute atomic E-state index is 11.7. The number of hydrogen-bond donors (Lipinski definition) is 2. The van der Waals surface area contributed by atoms with Crippen molar-refractivity contribution in [3.8, 4) is 11.5 Å². The predicted molar refractivity (Wildman–Crippen MR) is 89.4 cm³/mol. The summed E-state index contributed by atoms with van der Waals surface area (Å²) in [5, 5.41) is 2.75. The maximum atomic E-state index is 11.7. The Morgan fingerprint density at radius 3 is 2.30 bits per heavy atom. The molecule has 5 heteroatoms. The molecular formula is C18H22N2O3. The van der Waals surface area contributed by atoms with E-state index in [0.29, 0.717) is 31.2 Å². The molecule has 23 heavy (non-hydrogen) atoms. The second kappa shape index (κ2) is 9.48. The van der Waals surface area contributed by atoms with Gasteiger partial charge in [-0.25, -0.2) is 0 Å². The summed E-state index contributed by atoms with van der Waals surface area (Å²) < 4.78 is 11.3. The molecule has 0 saturated heterocycles. The van der Waals surface area contributed by atoms with E-state index in [2.05, 4.69) is 5.32 Å². The Morgan fingerprint density at radius 1 is 0.957 bits per heavy atom. The number of hydrogen-bond acceptors (Lipinski definition) is 4. The van der Waals surface area contributed by atoms with E-state index in [-0.39, 0.29) is 12.5 Å². The van der Waals surface area contributed by atoms with Crippen LogP contribution in [0.1, 0.15) is 12.0 Å². The van der Waals surface area contributed by atoms with Crippen molar-refractivity contribution >= 4 is 5.91 Å². The van der Waals surface area contributed by atoms with Crippen molar-refractivity contribution < 1.29 is 14.3 Å². The third kappa shape index (κ3) is 6.00. The second-order valence-corrected chi connectivity index (χ2v) is 5.00. The van der Waals surface area contributed by atoms with Gasteiger partial charge in [-0.2, -0.15) is 0 Å². The summed E-state index contributed by atoms with van der Waals surface area (Å²) >= 11 is 0. The molecule has 0 fully saturated rings. The molecule has 0 aliphatic heterocycles. The number of ether oxygens (including phenoxy) is 2. The molecular weight excluding hydrogens is 292 g/mol. The number of amides is 1. The highest BCUT2D eigenvalue weighted by atomic mass is 16.5. The summed E-state index contributed by atoms with van der Waals surface area (Å²) in [5.41, 5.74) is 6.45. The van der Waals surface area contributed by atoms with E-state index >= 15 is 0 Å². The van der Waals surface area contributed by atoms with Gasteiger partial charge >= 0.3 is 0 Å². The highest BCUT2D eigenvalue weighted by molar-refractivity contribution is 5.77. The van der Waals surface area contributed by atoms with Gasteiger partial charge in [0.05, 0.1) is 0 Å². The first kappa shape index (κ1) is 16.8. The number of para-hydroxylation sites is 2. The zero-order valence-electron chi connectivity index (χ0n) is 13.0. The fourth-order valence-electron chi connectivity index (χ4n) is 1.95. The number of benzene rings is 2. The van der Waals surface area contributed by atoms with Gasteiger partial charge in [-0.1, -0.05) is 42.5 Å². The zero-order valence-corrected chi connectivity index (χ0v) is 13.0. The lowest BCUT2D eigenvalue weighted by Gasteiger charge is -2.12. The van der Waals surface area contributed by atoms with E-state index in [9.17, 15) is 4.79 Å². The van der Waals surface area contributed by atoms with Gasteiger partial charge in [-0.3, -0.25) is 4.79 Å². The van der Waals surface area contributed by atoms with E-state index in [1.807, 2.05) is 48.5 Å². The largest absolute Gasteiger partial charge is 0.485 e. The van der Waals surface area contributed by atoms with Gasteiger partial charge in [0, 0.05) is 6.54 Å². The van der Waals surface area contributed by atoms with Gasteiger partial charge in [-0.05, 0) is 30.7 Å². The summed E-state index contributed by atoms with van der Waals surface area (Å²) in [6.07, 6.45) is 0.752.